The average Bonchev–Trinajstić information content (AvgIpc) is 3.02. The van der Waals surface area contributed by atoms with Gasteiger partial charge >= 0.3 is 0 Å². The Balaban J connectivity index is 2.15. The Kier molecular flexibility index (Phi) is 5.06. The van der Waals surface area contributed by atoms with Gasteiger partial charge in [-0.25, -0.2) is 4.98 Å². The van der Waals surface area contributed by atoms with Gasteiger partial charge in [0.05, 0.1) is 6.54 Å². The summed E-state index contributed by atoms with van der Waals surface area (Å²) >= 11 is 7.34. The van der Waals surface area contributed by atoms with Gasteiger partial charge in [-0.3, -0.25) is 0 Å². The summed E-state index contributed by atoms with van der Waals surface area (Å²) in [7, 11) is 0. The van der Waals surface area contributed by atoms with Crippen molar-refractivity contribution in [3.63, 3.8) is 0 Å². The molecule has 0 saturated carbocycles. The molecular weight excluding hydrogens is 348 g/mol. The van der Waals surface area contributed by atoms with Crippen LogP contribution in [0.4, 0.5) is 0 Å². The molecule has 0 aliphatic rings. The Morgan fingerprint density at radius 1 is 1.38 bits per heavy atom. The van der Waals surface area contributed by atoms with Crippen LogP contribution in [0, 0.1) is 6.92 Å². The Bertz CT molecular complexity index is 918. The molecule has 126 valence electrons. The quantitative estimate of drug-likeness (QED) is 0.395. The van der Waals surface area contributed by atoms with Crippen molar-refractivity contribution in [3.05, 3.63) is 46.3 Å². The van der Waals surface area contributed by atoms with Crippen LogP contribution in [-0.4, -0.2) is 37.0 Å². The Labute approximate surface area is 148 Å². The molecule has 0 bridgehead atoms. The molecule has 0 amide bonds. The van der Waals surface area contributed by atoms with E-state index in [1.165, 1.54) is 11.8 Å². The first-order valence-electron chi connectivity index (χ1n) is 7.40. The fourth-order valence-corrected chi connectivity index (χ4v) is 2.71. The van der Waals surface area contributed by atoms with Crippen LogP contribution in [-0.2, 0) is 11.4 Å². The zero-order valence-electron chi connectivity index (χ0n) is 13.6. The smallest absolute Gasteiger partial charge is 0.235 e. The maximum atomic E-state index is 5.86. The van der Waals surface area contributed by atoms with Crippen LogP contribution < -0.4 is 5.49 Å². The molecule has 0 unspecified atom stereocenters. The van der Waals surface area contributed by atoms with Crippen molar-refractivity contribution in [1.82, 2.24) is 24.1 Å². The lowest BCUT2D eigenvalue weighted by Gasteiger charge is -2.12. The minimum Gasteiger partial charge on any atom is -0.394 e. The lowest BCUT2D eigenvalue weighted by molar-refractivity contribution is 0.144. The number of thioether (sulfide) groups is 1. The van der Waals surface area contributed by atoms with Gasteiger partial charge in [0.1, 0.15) is 11.8 Å². The highest BCUT2D eigenvalue weighted by Gasteiger charge is 2.12. The molecule has 3 aromatic heterocycles. The van der Waals surface area contributed by atoms with Crippen LogP contribution in [0.3, 0.4) is 0 Å². The molecule has 3 aromatic rings. The number of fused-ring (bicyclic) bond motifs is 1. The highest BCUT2D eigenvalue weighted by molar-refractivity contribution is 7.98. The van der Waals surface area contributed by atoms with E-state index in [4.69, 9.17) is 16.4 Å². The van der Waals surface area contributed by atoms with Gasteiger partial charge in [0.15, 0.2) is 5.49 Å². The van der Waals surface area contributed by atoms with E-state index in [0.29, 0.717) is 34.7 Å². The Morgan fingerprint density at radius 2 is 2.21 bits per heavy atom. The van der Waals surface area contributed by atoms with Crippen LogP contribution >= 0.6 is 23.4 Å². The second-order valence-electron chi connectivity index (χ2n) is 5.04. The third-order valence-corrected chi connectivity index (χ3v) is 4.15. The summed E-state index contributed by atoms with van der Waals surface area (Å²) in [6, 6.07) is 5.65. The molecule has 3 rings (SSSR count). The van der Waals surface area contributed by atoms with Crippen LogP contribution in [0.5, 0.6) is 0 Å². The SMILES string of the molecule is CCO/N=c1\cc(C)n(Cc2ccc(Cl)nc2)c2nc(SC)nn12. The fourth-order valence-electron chi connectivity index (χ4n) is 2.26. The second kappa shape index (κ2) is 7.23. The molecule has 0 N–H and O–H groups in total. The van der Waals surface area contributed by atoms with Gasteiger partial charge in [-0.1, -0.05) is 34.6 Å². The van der Waals surface area contributed by atoms with Gasteiger partial charge in [-0.05, 0) is 31.7 Å². The second-order valence-corrected chi connectivity index (χ2v) is 6.20. The molecule has 3 heterocycles. The molecule has 9 heteroatoms. The molecule has 0 fully saturated rings. The van der Waals surface area contributed by atoms with Crippen molar-refractivity contribution in [2.75, 3.05) is 12.9 Å². The molecule has 0 aromatic carbocycles. The number of pyridine rings is 1. The fraction of sp³-hybridized carbons (Fsp3) is 0.333. The van der Waals surface area contributed by atoms with Crippen molar-refractivity contribution < 1.29 is 4.84 Å². The summed E-state index contributed by atoms with van der Waals surface area (Å²) in [5.74, 6) is 0.702. The van der Waals surface area contributed by atoms with Crippen molar-refractivity contribution in [2.24, 2.45) is 5.16 Å². The van der Waals surface area contributed by atoms with Gasteiger partial charge in [0.25, 0.3) is 0 Å². The van der Waals surface area contributed by atoms with E-state index >= 15 is 0 Å². The molecule has 0 spiro atoms. The van der Waals surface area contributed by atoms with E-state index in [1.54, 1.807) is 16.8 Å². The predicted octanol–water partition coefficient (Wildman–Crippen LogP) is 2.51. The van der Waals surface area contributed by atoms with Gasteiger partial charge < -0.3 is 9.40 Å². The largest absolute Gasteiger partial charge is 0.394 e. The lowest BCUT2D eigenvalue weighted by Crippen LogP contribution is -2.22. The monoisotopic (exact) mass is 364 g/mol. The molecule has 24 heavy (non-hydrogen) atoms. The third-order valence-electron chi connectivity index (χ3n) is 3.39. The summed E-state index contributed by atoms with van der Waals surface area (Å²) < 4.78 is 3.75. The Hall–Kier alpha value is -2.06. The highest BCUT2D eigenvalue weighted by atomic mass is 35.5. The topological polar surface area (TPSA) is 69.6 Å². The third kappa shape index (κ3) is 3.39. The normalized spacial score (nSPS) is 12.1. The van der Waals surface area contributed by atoms with Gasteiger partial charge in [0.2, 0.25) is 10.9 Å². The molecule has 7 nitrogen and oxygen atoms in total. The van der Waals surface area contributed by atoms with E-state index < -0.39 is 0 Å². The summed E-state index contributed by atoms with van der Waals surface area (Å²) in [4.78, 5) is 13.9. The minimum absolute atomic E-state index is 0.476. The van der Waals surface area contributed by atoms with E-state index in [-0.39, 0.29) is 0 Å². The first kappa shape index (κ1) is 16.8. The number of hydrogen-bond donors (Lipinski definition) is 0. The number of rotatable bonds is 5. The minimum atomic E-state index is 0.476. The van der Waals surface area contributed by atoms with Crippen LogP contribution in [0.1, 0.15) is 18.2 Å². The number of aryl methyl sites for hydroxylation is 1. The van der Waals surface area contributed by atoms with Crippen LogP contribution in [0.15, 0.2) is 34.7 Å². The zero-order chi connectivity index (χ0) is 17.1. The number of nitrogens with zero attached hydrogens (tertiary/aromatic N) is 6. The molecule has 0 saturated heterocycles. The number of halogens is 1. The molecular formula is C15H17ClN6OS. The molecule has 0 aliphatic carbocycles. The number of hydrogen-bond acceptors (Lipinski definition) is 6. The Morgan fingerprint density at radius 3 is 2.88 bits per heavy atom. The molecule has 0 atom stereocenters. The van der Waals surface area contributed by atoms with Crippen LogP contribution in [0.25, 0.3) is 5.78 Å². The standard InChI is InChI=1S/C15H17ClN6OS/c1-4-23-20-13-7-10(2)21(9-11-5-6-12(16)17-8-11)15-18-14(24-3)19-22(13)15/h5-8H,4,9H2,1-3H3/b20-13+. The number of aromatic nitrogens is 5. The summed E-state index contributed by atoms with van der Waals surface area (Å²) in [5, 5.41) is 9.76. The predicted molar refractivity (Wildman–Crippen MR) is 93.0 cm³/mol. The van der Waals surface area contributed by atoms with E-state index in [9.17, 15) is 0 Å². The van der Waals surface area contributed by atoms with Gasteiger partial charge in [-0.15, -0.1) is 5.10 Å². The van der Waals surface area contributed by atoms with E-state index in [2.05, 4.69) is 24.8 Å². The summed E-state index contributed by atoms with van der Waals surface area (Å²) in [6.45, 7) is 5.00. The van der Waals surface area contributed by atoms with Gasteiger partial charge in [-0.2, -0.15) is 9.50 Å². The van der Waals surface area contributed by atoms with Crippen molar-refractivity contribution in [2.45, 2.75) is 25.5 Å². The van der Waals surface area contributed by atoms with Crippen LogP contribution in [0.2, 0.25) is 5.15 Å². The summed E-state index contributed by atoms with van der Waals surface area (Å²) in [6.07, 6.45) is 3.70. The summed E-state index contributed by atoms with van der Waals surface area (Å²) in [5.41, 5.74) is 2.64. The first-order valence-corrected chi connectivity index (χ1v) is 9.00. The van der Waals surface area contributed by atoms with Gasteiger partial charge in [0, 0.05) is 18.0 Å². The van der Waals surface area contributed by atoms with E-state index in [0.717, 1.165) is 11.3 Å². The highest BCUT2D eigenvalue weighted by Crippen LogP contribution is 2.14. The zero-order valence-corrected chi connectivity index (χ0v) is 15.2. The van der Waals surface area contributed by atoms with Crippen molar-refractivity contribution >= 4 is 29.1 Å². The van der Waals surface area contributed by atoms with E-state index in [1.807, 2.05) is 32.2 Å². The van der Waals surface area contributed by atoms with Crippen molar-refractivity contribution in [1.29, 1.82) is 0 Å². The average molecular weight is 365 g/mol. The molecule has 0 aliphatic heterocycles. The molecule has 0 radical (unpaired) electrons. The maximum absolute atomic E-state index is 5.86. The van der Waals surface area contributed by atoms with Crippen molar-refractivity contribution in [3.8, 4) is 0 Å². The maximum Gasteiger partial charge on any atom is 0.235 e. The lowest BCUT2D eigenvalue weighted by atomic mass is 10.2. The first-order chi connectivity index (χ1) is 11.6.